The standard InChI is InChI=1S/C11H12F4N2/c12-8-2-1-7(4-17-5-9(16)6-17)10(3-8)11(13,14)15/h1-3,9H,4-6,16H2. The van der Waals surface area contributed by atoms with E-state index in [0.29, 0.717) is 19.2 Å². The number of hydrogen-bond acceptors (Lipinski definition) is 2. The Kier molecular flexibility index (Phi) is 3.09. The largest absolute Gasteiger partial charge is 0.416 e. The summed E-state index contributed by atoms with van der Waals surface area (Å²) in [6, 6.07) is 2.80. The van der Waals surface area contributed by atoms with E-state index in [1.165, 1.54) is 6.07 Å². The number of nitrogens with two attached hydrogens (primary N) is 1. The van der Waals surface area contributed by atoms with E-state index < -0.39 is 17.6 Å². The fourth-order valence-corrected chi connectivity index (χ4v) is 1.93. The molecule has 1 aliphatic rings. The molecule has 1 aliphatic heterocycles. The molecule has 0 bridgehead atoms. The van der Waals surface area contributed by atoms with Gasteiger partial charge in [0.15, 0.2) is 0 Å². The maximum absolute atomic E-state index is 12.8. The van der Waals surface area contributed by atoms with Crippen LogP contribution in [0.3, 0.4) is 0 Å². The number of likely N-dealkylation sites (tertiary alicyclic amines) is 1. The van der Waals surface area contributed by atoms with Gasteiger partial charge in [0.05, 0.1) is 5.56 Å². The molecule has 0 amide bonds. The number of nitrogens with zero attached hydrogens (tertiary/aromatic N) is 1. The van der Waals surface area contributed by atoms with Crippen molar-refractivity contribution >= 4 is 0 Å². The van der Waals surface area contributed by atoms with Crippen LogP contribution in [0.25, 0.3) is 0 Å². The zero-order valence-corrected chi connectivity index (χ0v) is 8.97. The van der Waals surface area contributed by atoms with Gasteiger partial charge in [-0.2, -0.15) is 13.2 Å². The molecule has 0 aromatic heterocycles. The molecule has 1 aromatic carbocycles. The highest BCUT2D eigenvalue weighted by Gasteiger charge is 2.35. The van der Waals surface area contributed by atoms with Crippen LogP contribution in [0.4, 0.5) is 17.6 Å². The molecule has 0 unspecified atom stereocenters. The second-order valence-electron chi connectivity index (χ2n) is 4.25. The predicted molar refractivity (Wildman–Crippen MR) is 54.7 cm³/mol. The highest BCUT2D eigenvalue weighted by atomic mass is 19.4. The summed E-state index contributed by atoms with van der Waals surface area (Å²) < 4.78 is 50.8. The van der Waals surface area contributed by atoms with E-state index in [0.717, 1.165) is 6.07 Å². The van der Waals surface area contributed by atoms with Crippen LogP contribution in [0, 0.1) is 5.82 Å². The van der Waals surface area contributed by atoms with Crippen LogP contribution < -0.4 is 5.73 Å². The van der Waals surface area contributed by atoms with Crippen LogP contribution in [0.5, 0.6) is 0 Å². The Morgan fingerprint density at radius 3 is 2.47 bits per heavy atom. The number of rotatable bonds is 2. The Bertz CT molecular complexity index is 410. The Hall–Kier alpha value is -1.14. The van der Waals surface area contributed by atoms with Gasteiger partial charge in [0, 0.05) is 25.7 Å². The molecule has 2 nitrogen and oxygen atoms in total. The quantitative estimate of drug-likeness (QED) is 0.811. The van der Waals surface area contributed by atoms with Gasteiger partial charge < -0.3 is 5.73 Å². The van der Waals surface area contributed by atoms with Crippen molar-refractivity contribution in [2.75, 3.05) is 13.1 Å². The molecule has 94 valence electrons. The summed E-state index contributed by atoms with van der Waals surface area (Å²) in [7, 11) is 0. The summed E-state index contributed by atoms with van der Waals surface area (Å²) in [4.78, 5) is 1.80. The fourth-order valence-electron chi connectivity index (χ4n) is 1.93. The van der Waals surface area contributed by atoms with Crippen molar-refractivity contribution in [3.05, 3.63) is 35.1 Å². The molecule has 0 aliphatic carbocycles. The second kappa shape index (κ2) is 4.27. The number of benzene rings is 1. The summed E-state index contributed by atoms with van der Waals surface area (Å²) in [6.07, 6.45) is -4.52. The van der Waals surface area contributed by atoms with Crippen LogP contribution in [-0.4, -0.2) is 24.0 Å². The first-order valence-electron chi connectivity index (χ1n) is 5.20. The summed E-state index contributed by atoms with van der Waals surface area (Å²) >= 11 is 0. The molecule has 0 spiro atoms. The molecular weight excluding hydrogens is 236 g/mol. The average Bonchev–Trinajstić information content (AvgIpc) is 2.16. The van der Waals surface area contributed by atoms with E-state index in [9.17, 15) is 17.6 Å². The van der Waals surface area contributed by atoms with Gasteiger partial charge in [0.1, 0.15) is 5.82 Å². The minimum Gasteiger partial charge on any atom is -0.325 e. The highest BCUT2D eigenvalue weighted by molar-refractivity contribution is 5.30. The summed E-state index contributed by atoms with van der Waals surface area (Å²) in [6.45, 7) is 1.31. The van der Waals surface area contributed by atoms with Gasteiger partial charge in [-0.1, -0.05) is 6.07 Å². The smallest absolute Gasteiger partial charge is 0.325 e. The van der Waals surface area contributed by atoms with E-state index in [4.69, 9.17) is 5.73 Å². The van der Waals surface area contributed by atoms with Crippen molar-refractivity contribution in [3.8, 4) is 0 Å². The molecule has 2 rings (SSSR count). The van der Waals surface area contributed by atoms with Gasteiger partial charge in [-0.25, -0.2) is 4.39 Å². The van der Waals surface area contributed by atoms with Crippen LogP contribution in [0.15, 0.2) is 18.2 Å². The number of halogens is 4. The van der Waals surface area contributed by atoms with E-state index in [1.807, 2.05) is 0 Å². The first kappa shape index (κ1) is 12.3. The molecule has 6 heteroatoms. The monoisotopic (exact) mass is 248 g/mol. The maximum Gasteiger partial charge on any atom is 0.416 e. The predicted octanol–water partition coefficient (Wildman–Crippen LogP) is 1.99. The highest BCUT2D eigenvalue weighted by Crippen LogP contribution is 2.33. The van der Waals surface area contributed by atoms with Crippen molar-refractivity contribution in [3.63, 3.8) is 0 Å². The first-order chi connectivity index (χ1) is 7.86. The van der Waals surface area contributed by atoms with E-state index >= 15 is 0 Å². The van der Waals surface area contributed by atoms with Crippen LogP contribution in [0.1, 0.15) is 11.1 Å². The minimum absolute atomic E-state index is 0.0322. The average molecular weight is 248 g/mol. The van der Waals surface area contributed by atoms with Gasteiger partial charge >= 0.3 is 6.18 Å². The van der Waals surface area contributed by atoms with Crippen LogP contribution in [0.2, 0.25) is 0 Å². The third kappa shape index (κ3) is 2.76. The molecule has 1 aromatic rings. The first-order valence-corrected chi connectivity index (χ1v) is 5.20. The molecule has 0 radical (unpaired) electrons. The van der Waals surface area contributed by atoms with Crippen molar-refractivity contribution in [1.82, 2.24) is 4.90 Å². The molecular formula is C11H12F4N2. The Labute approximate surface area is 96.0 Å². The zero-order chi connectivity index (χ0) is 12.6. The molecule has 0 saturated carbocycles. The Morgan fingerprint density at radius 1 is 1.29 bits per heavy atom. The Morgan fingerprint density at radius 2 is 1.94 bits per heavy atom. The summed E-state index contributed by atoms with van der Waals surface area (Å²) in [5.41, 5.74) is 4.73. The lowest BCUT2D eigenvalue weighted by Gasteiger charge is -2.37. The van der Waals surface area contributed by atoms with Gasteiger partial charge in [0.2, 0.25) is 0 Å². The fraction of sp³-hybridized carbons (Fsp3) is 0.455. The van der Waals surface area contributed by atoms with Crippen LogP contribution >= 0.6 is 0 Å². The van der Waals surface area contributed by atoms with Crippen molar-refractivity contribution < 1.29 is 17.6 Å². The molecule has 0 atom stereocenters. The lowest BCUT2D eigenvalue weighted by Crippen LogP contribution is -2.55. The lowest BCUT2D eigenvalue weighted by molar-refractivity contribution is -0.138. The number of hydrogen-bond donors (Lipinski definition) is 1. The SMILES string of the molecule is NC1CN(Cc2ccc(F)cc2C(F)(F)F)C1. The summed E-state index contributed by atoms with van der Waals surface area (Å²) in [5.74, 6) is -0.874. The van der Waals surface area contributed by atoms with Gasteiger partial charge in [0.25, 0.3) is 0 Å². The van der Waals surface area contributed by atoms with Gasteiger partial charge in [-0.05, 0) is 17.7 Å². The zero-order valence-electron chi connectivity index (χ0n) is 8.97. The van der Waals surface area contributed by atoms with Crippen molar-refractivity contribution in [2.45, 2.75) is 18.8 Å². The van der Waals surface area contributed by atoms with Crippen LogP contribution in [-0.2, 0) is 12.7 Å². The van der Waals surface area contributed by atoms with E-state index in [1.54, 1.807) is 4.90 Å². The molecule has 17 heavy (non-hydrogen) atoms. The van der Waals surface area contributed by atoms with Gasteiger partial charge in [-0.3, -0.25) is 4.90 Å². The third-order valence-corrected chi connectivity index (χ3v) is 2.76. The maximum atomic E-state index is 12.8. The third-order valence-electron chi connectivity index (χ3n) is 2.76. The molecule has 1 heterocycles. The van der Waals surface area contributed by atoms with E-state index in [2.05, 4.69) is 0 Å². The summed E-state index contributed by atoms with van der Waals surface area (Å²) in [5, 5.41) is 0. The lowest BCUT2D eigenvalue weighted by atomic mass is 10.0. The molecule has 2 N–H and O–H groups in total. The molecule has 1 fully saturated rings. The normalized spacial score (nSPS) is 18.2. The van der Waals surface area contributed by atoms with Gasteiger partial charge in [-0.15, -0.1) is 0 Å². The Balaban J connectivity index is 2.21. The van der Waals surface area contributed by atoms with E-state index in [-0.39, 0.29) is 18.2 Å². The number of alkyl halides is 3. The minimum atomic E-state index is -4.52. The topological polar surface area (TPSA) is 29.3 Å². The molecule has 1 saturated heterocycles. The van der Waals surface area contributed by atoms with Crippen molar-refractivity contribution in [1.29, 1.82) is 0 Å². The van der Waals surface area contributed by atoms with Crippen molar-refractivity contribution in [2.24, 2.45) is 5.73 Å². The second-order valence-corrected chi connectivity index (χ2v) is 4.25.